The lowest BCUT2D eigenvalue weighted by atomic mass is 10.2. The van der Waals surface area contributed by atoms with Crippen molar-refractivity contribution >= 4 is 40.1 Å². The van der Waals surface area contributed by atoms with Gasteiger partial charge in [0.1, 0.15) is 36.3 Å². The number of nitrogens with zero attached hydrogens (tertiary/aromatic N) is 8. The predicted molar refractivity (Wildman–Crippen MR) is 141 cm³/mol. The maximum absolute atomic E-state index is 11.6. The summed E-state index contributed by atoms with van der Waals surface area (Å²) in [6, 6.07) is 11.0. The van der Waals surface area contributed by atoms with E-state index in [1.165, 1.54) is 17.6 Å². The van der Waals surface area contributed by atoms with Gasteiger partial charge in [0.05, 0.1) is 11.6 Å². The van der Waals surface area contributed by atoms with Gasteiger partial charge in [-0.1, -0.05) is 0 Å². The fourth-order valence-electron chi connectivity index (χ4n) is 4.98. The molecule has 0 saturated carbocycles. The largest absolute Gasteiger partial charge is 0.487 e. The fraction of sp³-hybridized carbons (Fsp3) is 0.231. The predicted octanol–water partition coefficient (Wildman–Crippen LogP) is 3.47. The third-order valence-corrected chi connectivity index (χ3v) is 6.93. The molecule has 2 N–H and O–H groups in total. The van der Waals surface area contributed by atoms with Crippen molar-refractivity contribution in [2.24, 2.45) is 0 Å². The number of fused-ring (bicyclic) bond motifs is 6. The number of pyridine rings is 2. The molecule has 2 bridgehead atoms. The van der Waals surface area contributed by atoms with Crippen LogP contribution in [0.25, 0.3) is 16.7 Å². The van der Waals surface area contributed by atoms with Crippen LogP contribution in [0.1, 0.15) is 5.56 Å². The lowest BCUT2D eigenvalue weighted by molar-refractivity contribution is 0.101. The van der Waals surface area contributed by atoms with Crippen LogP contribution in [0.3, 0.4) is 0 Å². The normalized spacial score (nSPS) is 16.5. The van der Waals surface area contributed by atoms with Gasteiger partial charge in [-0.15, -0.1) is 0 Å². The third kappa shape index (κ3) is 4.13. The van der Waals surface area contributed by atoms with Crippen LogP contribution in [0.4, 0.5) is 22.1 Å². The summed E-state index contributed by atoms with van der Waals surface area (Å²) < 4.78 is 13.8. The SMILES string of the molecule is Cc1cc(Nc2ncnc3cc4c(nc23)N2CCN(C(=O)O)[C@H](CO4)C2)ccc1Oc1ccn2ncnc2c1. The Hall–Kier alpha value is -5.20. The van der Waals surface area contributed by atoms with Gasteiger partial charge in [0.15, 0.2) is 23.0 Å². The molecule has 0 radical (unpaired) electrons. The molecule has 39 heavy (non-hydrogen) atoms. The minimum atomic E-state index is -0.937. The Morgan fingerprint density at radius 3 is 2.92 bits per heavy atom. The minimum absolute atomic E-state index is 0.264. The number of hydrogen-bond acceptors (Lipinski definition) is 10. The highest BCUT2D eigenvalue weighted by atomic mass is 16.5. The van der Waals surface area contributed by atoms with Crippen molar-refractivity contribution in [3.05, 3.63) is 60.8 Å². The number of aromatic nitrogens is 6. The van der Waals surface area contributed by atoms with Crippen molar-refractivity contribution in [1.29, 1.82) is 0 Å². The quantitative estimate of drug-likeness (QED) is 0.356. The van der Waals surface area contributed by atoms with E-state index in [4.69, 9.17) is 14.5 Å². The monoisotopic (exact) mass is 525 g/mol. The second kappa shape index (κ2) is 8.97. The van der Waals surface area contributed by atoms with Gasteiger partial charge in [0, 0.05) is 43.7 Å². The van der Waals surface area contributed by atoms with Gasteiger partial charge in [0.2, 0.25) is 0 Å². The van der Waals surface area contributed by atoms with Gasteiger partial charge in [-0.25, -0.2) is 29.2 Å². The van der Waals surface area contributed by atoms with Crippen LogP contribution < -0.4 is 19.7 Å². The zero-order valence-electron chi connectivity index (χ0n) is 20.9. The van der Waals surface area contributed by atoms with Gasteiger partial charge >= 0.3 is 6.09 Å². The first-order valence-electron chi connectivity index (χ1n) is 12.4. The summed E-state index contributed by atoms with van der Waals surface area (Å²) >= 11 is 0. The maximum Gasteiger partial charge on any atom is 0.407 e. The summed E-state index contributed by atoms with van der Waals surface area (Å²) in [6.45, 7) is 3.66. The number of amides is 1. The smallest absolute Gasteiger partial charge is 0.407 e. The molecule has 13 nitrogen and oxygen atoms in total. The second-order valence-electron chi connectivity index (χ2n) is 9.42. The first kappa shape index (κ1) is 23.0. The average molecular weight is 526 g/mol. The minimum Gasteiger partial charge on any atom is -0.487 e. The van der Waals surface area contributed by atoms with Crippen LogP contribution >= 0.6 is 0 Å². The van der Waals surface area contributed by atoms with Crippen molar-refractivity contribution in [2.45, 2.75) is 13.0 Å². The summed E-state index contributed by atoms with van der Waals surface area (Å²) in [5.74, 6) is 3.19. The number of rotatable bonds is 4. The first-order valence-corrected chi connectivity index (χ1v) is 12.4. The Morgan fingerprint density at radius 2 is 2.05 bits per heavy atom. The number of aryl methyl sites for hydroxylation is 1. The van der Waals surface area contributed by atoms with Crippen LogP contribution in [0, 0.1) is 6.92 Å². The van der Waals surface area contributed by atoms with Crippen LogP contribution in [0.2, 0.25) is 0 Å². The summed E-state index contributed by atoms with van der Waals surface area (Å²) in [5, 5.41) is 17.0. The molecule has 2 aliphatic heterocycles. The summed E-state index contributed by atoms with van der Waals surface area (Å²) in [4.78, 5) is 33.1. The molecule has 1 aromatic carbocycles. The van der Waals surface area contributed by atoms with E-state index in [1.807, 2.05) is 43.3 Å². The van der Waals surface area contributed by atoms with E-state index in [9.17, 15) is 9.90 Å². The van der Waals surface area contributed by atoms with E-state index < -0.39 is 6.09 Å². The second-order valence-corrected chi connectivity index (χ2v) is 9.42. The Kier molecular flexibility index (Phi) is 5.28. The highest BCUT2D eigenvalue weighted by Gasteiger charge is 2.35. The molecule has 1 saturated heterocycles. The topological polar surface area (TPSA) is 143 Å². The van der Waals surface area contributed by atoms with E-state index in [-0.39, 0.29) is 12.6 Å². The maximum atomic E-state index is 11.6. The molecular weight excluding hydrogens is 502 g/mol. The molecule has 6 heterocycles. The summed E-state index contributed by atoms with van der Waals surface area (Å²) in [5.41, 5.74) is 3.67. The van der Waals surface area contributed by atoms with E-state index in [2.05, 4.69) is 30.3 Å². The van der Waals surface area contributed by atoms with Crippen LogP contribution in [0.5, 0.6) is 17.2 Å². The molecule has 13 heteroatoms. The molecule has 196 valence electrons. The molecule has 1 fully saturated rings. The zero-order chi connectivity index (χ0) is 26.5. The number of nitrogens with one attached hydrogen (secondary N) is 1. The number of ether oxygens (including phenoxy) is 2. The number of anilines is 3. The van der Waals surface area contributed by atoms with Gasteiger partial charge in [0.25, 0.3) is 0 Å². The molecule has 0 aliphatic carbocycles. The Labute approximate surface area is 221 Å². The van der Waals surface area contributed by atoms with Crippen LogP contribution in [-0.2, 0) is 0 Å². The standard InChI is InChI=1S/C26H23N9O4/c1-15-8-16(2-3-20(15)39-18-4-5-35-22(9-18)28-14-30-35)31-24-23-19(27-13-29-24)10-21-25(32-23)33-6-7-34(26(36)37)17(11-33)12-38-21/h2-5,8-10,13-14,17H,6-7,11-12H2,1H3,(H,36,37)(H,27,29,31)/t17-/m0/s1. The van der Waals surface area contributed by atoms with E-state index in [0.29, 0.717) is 65.2 Å². The molecule has 5 aromatic rings. The molecule has 7 rings (SSSR count). The van der Waals surface area contributed by atoms with Gasteiger partial charge in [-0.2, -0.15) is 5.10 Å². The van der Waals surface area contributed by atoms with Crippen LogP contribution in [-0.4, -0.2) is 77.9 Å². The molecule has 0 unspecified atom stereocenters. The average Bonchev–Trinajstić information content (AvgIpc) is 3.36. The highest BCUT2D eigenvalue weighted by molar-refractivity contribution is 5.90. The molecular formula is C26H23N9O4. The zero-order valence-corrected chi connectivity index (χ0v) is 20.9. The lowest BCUT2D eigenvalue weighted by Gasteiger charge is -2.37. The van der Waals surface area contributed by atoms with Gasteiger partial charge in [-0.05, 0) is 36.8 Å². The molecule has 1 atom stereocenters. The van der Waals surface area contributed by atoms with Crippen molar-refractivity contribution in [3.8, 4) is 17.2 Å². The van der Waals surface area contributed by atoms with E-state index in [0.717, 1.165) is 11.3 Å². The van der Waals surface area contributed by atoms with Crippen molar-refractivity contribution in [1.82, 2.24) is 34.4 Å². The Bertz CT molecular complexity index is 1740. The molecule has 2 aliphatic rings. The fourth-order valence-corrected chi connectivity index (χ4v) is 4.98. The molecule has 4 aromatic heterocycles. The first-order chi connectivity index (χ1) is 19.0. The number of piperazine rings is 1. The Morgan fingerprint density at radius 1 is 1.13 bits per heavy atom. The summed E-state index contributed by atoms with van der Waals surface area (Å²) in [6.07, 6.45) is 3.84. The molecule has 0 spiro atoms. The highest BCUT2D eigenvalue weighted by Crippen LogP contribution is 2.36. The number of carboxylic acid groups (broad SMARTS) is 1. The Balaban J connectivity index is 1.16. The molecule has 1 amide bonds. The van der Waals surface area contributed by atoms with Crippen molar-refractivity contribution < 1.29 is 19.4 Å². The van der Waals surface area contributed by atoms with Gasteiger partial charge in [-0.3, -0.25) is 4.90 Å². The van der Waals surface area contributed by atoms with E-state index in [1.54, 1.807) is 10.7 Å². The van der Waals surface area contributed by atoms with Crippen LogP contribution in [0.15, 0.2) is 55.2 Å². The summed E-state index contributed by atoms with van der Waals surface area (Å²) in [7, 11) is 0. The number of carbonyl (C=O) groups is 1. The third-order valence-electron chi connectivity index (χ3n) is 6.93. The van der Waals surface area contributed by atoms with Gasteiger partial charge < -0.3 is 24.8 Å². The number of benzene rings is 1. The van der Waals surface area contributed by atoms with Crippen molar-refractivity contribution in [2.75, 3.05) is 36.5 Å². The van der Waals surface area contributed by atoms with Crippen molar-refractivity contribution in [3.63, 3.8) is 0 Å². The number of hydrogen-bond donors (Lipinski definition) is 2. The van der Waals surface area contributed by atoms with E-state index >= 15 is 0 Å². The lowest BCUT2D eigenvalue weighted by Crippen LogP contribution is -2.56.